The molecule has 0 amide bonds. The number of nitrogens with zero attached hydrogens (tertiary/aromatic N) is 1. The monoisotopic (exact) mass is 421 g/mol. The summed E-state index contributed by atoms with van der Waals surface area (Å²) in [4.78, 5) is 13.6. The van der Waals surface area contributed by atoms with E-state index >= 15 is 0 Å². The second-order valence-corrected chi connectivity index (χ2v) is 11.1. The van der Waals surface area contributed by atoms with E-state index in [0.717, 1.165) is 48.3 Å². The third-order valence-corrected chi connectivity index (χ3v) is 7.91. The van der Waals surface area contributed by atoms with Gasteiger partial charge in [0.25, 0.3) is 0 Å². The Morgan fingerprint density at radius 1 is 0.900 bits per heavy atom. The van der Waals surface area contributed by atoms with Gasteiger partial charge in [-0.1, -0.05) is 45.4 Å². The van der Waals surface area contributed by atoms with E-state index in [2.05, 4.69) is 6.92 Å². The van der Waals surface area contributed by atoms with E-state index in [0.29, 0.717) is 13.0 Å². The zero-order valence-electron chi connectivity index (χ0n) is 19.9. The first-order chi connectivity index (χ1) is 14.5. The third-order valence-electron chi connectivity index (χ3n) is 7.91. The number of esters is 1. The Labute approximate surface area is 185 Å². The summed E-state index contributed by atoms with van der Waals surface area (Å²) >= 11 is 0. The van der Waals surface area contributed by atoms with Gasteiger partial charge in [0, 0.05) is 13.0 Å². The van der Waals surface area contributed by atoms with Crippen molar-refractivity contribution >= 4 is 5.97 Å². The van der Waals surface area contributed by atoms with Gasteiger partial charge in [-0.2, -0.15) is 0 Å². The summed E-state index contributed by atoms with van der Waals surface area (Å²) in [7, 11) is 3.79. The van der Waals surface area contributed by atoms with Gasteiger partial charge < -0.3 is 14.7 Å². The van der Waals surface area contributed by atoms with Crippen LogP contribution in [0.3, 0.4) is 0 Å². The quantitative estimate of drug-likeness (QED) is 0.256. The molecule has 7 unspecified atom stereocenters. The molecule has 0 bridgehead atoms. The summed E-state index contributed by atoms with van der Waals surface area (Å²) in [6.45, 7) is 3.00. The number of aliphatic hydroxyl groups is 1. The number of hydrogen-bond donors (Lipinski definition) is 1. The highest BCUT2D eigenvalue weighted by atomic mass is 16.5. The van der Waals surface area contributed by atoms with Crippen molar-refractivity contribution in [3.05, 3.63) is 0 Å². The summed E-state index contributed by atoms with van der Waals surface area (Å²) in [6, 6.07) is 0. The second-order valence-electron chi connectivity index (χ2n) is 11.1. The molecular formula is C26H47NO3. The number of ether oxygens (including phenoxy) is 1. The van der Waals surface area contributed by atoms with Gasteiger partial charge in [0.05, 0.1) is 0 Å². The van der Waals surface area contributed by atoms with Gasteiger partial charge in [0.1, 0.15) is 12.7 Å². The van der Waals surface area contributed by atoms with Gasteiger partial charge in [-0.15, -0.1) is 0 Å². The van der Waals surface area contributed by atoms with Crippen LogP contribution < -0.4 is 0 Å². The fourth-order valence-corrected chi connectivity index (χ4v) is 5.66. The first-order valence-electron chi connectivity index (χ1n) is 12.9. The van der Waals surface area contributed by atoms with E-state index in [-0.39, 0.29) is 12.6 Å². The molecule has 0 aromatic heterocycles. The molecule has 0 spiro atoms. The average Bonchev–Trinajstić information content (AvgIpc) is 3.60. The largest absolute Gasteiger partial charge is 0.463 e. The standard InChI is InChI=1S/C26H47NO3/c1-4-19-12-21(19)14-23-16-24(23)15-22-13-20(22)10-8-6-5-7-9-11-26(29)30-18-25(28)17-27(2)3/h19-25,28H,4-18H2,1-3H3. The number of rotatable bonds is 17. The van der Waals surface area contributed by atoms with Gasteiger partial charge in [-0.05, 0) is 88.1 Å². The fourth-order valence-electron chi connectivity index (χ4n) is 5.66. The van der Waals surface area contributed by atoms with Crippen molar-refractivity contribution in [2.45, 2.75) is 96.5 Å². The molecular weight excluding hydrogens is 374 g/mol. The molecule has 3 aliphatic rings. The Hall–Kier alpha value is -0.610. The summed E-state index contributed by atoms with van der Waals surface area (Å²) in [5, 5.41) is 9.71. The minimum absolute atomic E-state index is 0.112. The normalized spacial score (nSPS) is 32.8. The Bertz CT molecular complexity index is 522. The van der Waals surface area contributed by atoms with Crippen LogP contribution in [0.2, 0.25) is 0 Å². The minimum atomic E-state index is -0.590. The number of carbonyl (C=O) groups excluding carboxylic acids is 1. The number of aliphatic hydroxyl groups excluding tert-OH is 1. The van der Waals surface area contributed by atoms with E-state index in [9.17, 15) is 9.90 Å². The summed E-state index contributed by atoms with van der Waals surface area (Å²) in [5.41, 5.74) is 0. The van der Waals surface area contributed by atoms with Crippen molar-refractivity contribution in [2.75, 3.05) is 27.2 Å². The lowest BCUT2D eigenvalue weighted by atomic mass is 10.0. The highest BCUT2D eigenvalue weighted by Crippen LogP contribution is 2.58. The molecule has 3 aliphatic carbocycles. The molecule has 0 heterocycles. The number of likely N-dealkylation sites (N-methyl/N-ethyl adjacent to an activating group) is 1. The lowest BCUT2D eigenvalue weighted by Crippen LogP contribution is -2.30. The molecule has 30 heavy (non-hydrogen) atoms. The van der Waals surface area contributed by atoms with Crippen molar-refractivity contribution in [3.63, 3.8) is 0 Å². The predicted octanol–water partition coefficient (Wildman–Crippen LogP) is 5.28. The molecule has 3 saturated carbocycles. The molecule has 3 rings (SSSR count). The molecule has 3 fully saturated rings. The van der Waals surface area contributed by atoms with E-state index in [1.54, 1.807) is 19.3 Å². The zero-order valence-corrected chi connectivity index (χ0v) is 19.9. The van der Waals surface area contributed by atoms with Crippen LogP contribution in [0.15, 0.2) is 0 Å². The second kappa shape index (κ2) is 11.9. The lowest BCUT2D eigenvalue weighted by molar-refractivity contribution is -0.147. The Morgan fingerprint density at radius 3 is 2.13 bits per heavy atom. The number of carbonyl (C=O) groups is 1. The topological polar surface area (TPSA) is 49.8 Å². The van der Waals surface area contributed by atoms with E-state index in [1.165, 1.54) is 44.9 Å². The van der Waals surface area contributed by atoms with Gasteiger partial charge >= 0.3 is 5.97 Å². The molecule has 0 aromatic rings. The SMILES string of the molecule is CCC1CC1CC1CC1CC1CC1CCCCCCCC(=O)OCC(O)CN(C)C. The smallest absolute Gasteiger partial charge is 0.305 e. The fraction of sp³-hybridized carbons (Fsp3) is 0.962. The molecule has 4 nitrogen and oxygen atoms in total. The van der Waals surface area contributed by atoms with Crippen LogP contribution in [0.25, 0.3) is 0 Å². The van der Waals surface area contributed by atoms with E-state index in [4.69, 9.17) is 4.74 Å². The molecule has 0 saturated heterocycles. The maximum atomic E-state index is 11.7. The molecule has 7 atom stereocenters. The van der Waals surface area contributed by atoms with Crippen molar-refractivity contribution in [1.29, 1.82) is 0 Å². The maximum Gasteiger partial charge on any atom is 0.305 e. The van der Waals surface area contributed by atoms with Crippen LogP contribution >= 0.6 is 0 Å². The minimum Gasteiger partial charge on any atom is -0.463 e. The van der Waals surface area contributed by atoms with Crippen LogP contribution in [0.1, 0.15) is 90.4 Å². The molecule has 0 aliphatic heterocycles. The molecule has 1 N–H and O–H groups in total. The van der Waals surface area contributed by atoms with E-state index < -0.39 is 6.10 Å². The van der Waals surface area contributed by atoms with Crippen molar-refractivity contribution < 1.29 is 14.6 Å². The average molecular weight is 422 g/mol. The van der Waals surface area contributed by atoms with E-state index in [1.807, 2.05) is 19.0 Å². The van der Waals surface area contributed by atoms with Crippen LogP contribution in [-0.4, -0.2) is 49.3 Å². The highest BCUT2D eigenvalue weighted by molar-refractivity contribution is 5.69. The van der Waals surface area contributed by atoms with Crippen molar-refractivity contribution in [1.82, 2.24) is 4.90 Å². The van der Waals surface area contributed by atoms with Crippen LogP contribution in [0.4, 0.5) is 0 Å². The molecule has 174 valence electrons. The molecule has 0 radical (unpaired) electrons. The van der Waals surface area contributed by atoms with Gasteiger partial charge in [0.2, 0.25) is 0 Å². The first-order valence-corrected chi connectivity index (χ1v) is 12.9. The zero-order chi connectivity index (χ0) is 21.5. The highest BCUT2D eigenvalue weighted by Gasteiger charge is 2.48. The molecule has 0 aromatic carbocycles. The third kappa shape index (κ3) is 8.86. The summed E-state index contributed by atoms with van der Waals surface area (Å²) in [5.74, 6) is 6.34. The van der Waals surface area contributed by atoms with Gasteiger partial charge in [0.15, 0.2) is 0 Å². The van der Waals surface area contributed by atoms with Crippen molar-refractivity contribution in [2.24, 2.45) is 35.5 Å². The number of hydrogen-bond acceptors (Lipinski definition) is 4. The van der Waals surface area contributed by atoms with Crippen molar-refractivity contribution in [3.8, 4) is 0 Å². The number of unbranched alkanes of at least 4 members (excludes halogenated alkanes) is 4. The van der Waals surface area contributed by atoms with Crippen LogP contribution in [0, 0.1) is 35.5 Å². The summed E-state index contributed by atoms with van der Waals surface area (Å²) in [6.07, 6.45) is 16.4. The molecule has 4 heteroatoms. The van der Waals surface area contributed by atoms with Gasteiger partial charge in [-0.25, -0.2) is 0 Å². The van der Waals surface area contributed by atoms with Crippen LogP contribution in [-0.2, 0) is 9.53 Å². The lowest BCUT2D eigenvalue weighted by Gasteiger charge is -2.15. The van der Waals surface area contributed by atoms with Gasteiger partial charge in [-0.3, -0.25) is 4.79 Å². The Balaban J connectivity index is 1.08. The Kier molecular flexibility index (Phi) is 9.50. The van der Waals surface area contributed by atoms with Crippen LogP contribution in [0.5, 0.6) is 0 Å². The first kappa shape index (κ1) is 24.0. The summed E-state index contributed by atoms with van der Waals surface area (Å²) < 4.78 is 5.15. The maximum absolute atomic E-state index is 11.7. The predicted molar refractivity (Wildman–Crippen MR) is 122 cm³/mol. The Morgan fingerprint density at radius 2 is 1.47 bits per heavy atom.